The van der Waals surface area contributed by atoms with E-state index in [1.807, 2.05) is 0 Å². The van der Waals surface area contributed by atoms with E-state index in [0.717, 1.165) is 21.6 Å². The average Bonchev–Trinajstić information content (AvgIpc) is 2.63. The Bertz CT molecular complexity index is 1290. The molecule has 30 heavy (non-hydrogen) atoms. The smallest absolute Gasteiger partial charge is 0.407 e. The van der Waals surface area contributed by atoms with Crippen molar-refractivity contribution in [2.45, 2.75) is 6.54 Å². The van der Waals surface area contributed by atoms with Gasteiger partial charge in [0, 0.05) is 31.1 Å². The van der Waals surface area contributed by atoms with Crippen LogP contribution in [0.15, 0.2) is 33.9 Å². The second kappa shape index (κ2) is 7.13. The molecule has 0 atom stereocenters. The van der Waals surface area contributed by atoms with Crippen molar-refractivity contribution < 1.29 is 23.8 Å². The molecule has 1 aliphatic rings. The Morgan fingerprint density at radius 3 is 2.57 bits per heavy atom. The highest BCUT2D eigenvalue weighted by atomic mass is 35.5. The van der Waals surface area contributed by atoms with Crippen molar-refractivity contribution in [1.82, 2.24) is 14.5 Å². The fourth-order valence-corrected chi connectivity index (χ4v) is 3.89. The number of aromatic amines is 1. The Kier molecular flexibility index (Phi) is 4.73. The number of nitrogens with zero attached hydrogens (tertiary/aromatic N) is 2. The van der Waals surface area contributed by atoms with Crippen molar-refractivity contribution in [3.63, 3.8) is 0 Å². The number of benzene rings is 2. The topological polar surface area (TPSA) is 116 Å². The van der Waals surface area contributed by atoms with Crippen LogP contribution in [0.2, 0.25) is 5.02 Å². The van der Waals surface area contributed by atoms with E-state index in [9.17, 15) is 23.9 Å². The Morgan fingerprint density at radius 2 is 1.93 bits per heavy atom. The van der Waals surface area contributed by atoms with Crippen LogP contribution in [0.3, 0.4) is 0 Å². The number of likely N-dealkylation sites (tertiary alicyclic amines) is 1. The maximum atomic E-state index is 15.3. The molecule has 0 saturated carbocycles. The molecule has 156 valence electrons. The number of aromatic nitrogens is 2. The fourth-order valence-electron chi connectivity index (χ4n) is 3.61. The summed E-state index contributed by atoms with van der Waals surface area (Å²) in [6.07, 6.45) is -1.10. The average molecular weight is 438 g/mol. The van der Waals surface area contributed by atoms with E-state index in [1.54, 1.807) is 0 Å². The molecule has 11 heteroatoms. The van der Waals surface area contributed by atoms with E-state index in [4.69, 9.17) is 16.7 Å². The van der Waals surface area contributed by atoms with Crippen molar-refractivity contribution in [2.75, 3.05) is 13.1 Å². The predicted octanol–water partition coefficient (Wildman–Crippen LogP) is 2.60. The highest BCUT2D eigenvalue weighted by Crippen LogP contribution is 2.40. The normalized spacial score (nSPS) is 14.2. The van der Waals surface area contributed by atoms with Crippen LogP contribution in [0.4, 0.5) is 13.6 Å². The number of phenols is 1. The molecule has 0 aliphatic carbocycles. The number of aromatic hydroxyl groups is 1. The number of halogens is 3. The standard InChI is InChI=1S/C19H14ClF2N3O5/c20-9-4-11-16(15(22)13(9)14-10(21)2-1-3-12(14)26)23-17(27)18(28)25(11)7-8-5-24(6-8)19(29)30/h1-4,8,26H,5-7H2,(H,23,27)(H,29,30). The number of rotatable bonds is 3. The molecule has 0 unspecified atom stereocenters. The molecule has 1 aromatic heterocycles. The summed E-state index contributed by atoms with van der Waals surface area (Å²) in [5.41, 5.74) is -3.39. The number of hydrogen-bond donors (Lipinski definition) is 3. The lowest BCUT2D eigenvalue weighted by atomic mass is 10.00. The predicted molar refractivity (Wildman–Crippen MR) is 104 cm³/mol. The third-order valence-electron chi connectivity index (χ3n) is 5.08. The lowest BCUT2D eigenvalue weighted by molar-refractivity contribution is 0.0748. The van der Waals surface area contributed by atoms with Crippen molar-refractivity contribution in [3.8, 4) is 16.9 Å². The zero-order valence-electron chi connectivity index (χ0n) is 15.2. The molecule has 3 N–H and O–H groups in total. The molecule has 1 aliphatic heterocycles. The van der Waals surface area contributed by atoms with Gasteiger partial charge in [-0.1, -0.05) is 17.7 Å². The SMILES string of the molecule is O=C(O)N1CC(Cn2c(=O)c(=O)[nH]c3c(F)c(-c4c(O)cccc4F)c(Cl)cc32)C1. The highest BCUT2D eigenvalue weighted by Gasteiger charge is 2.32. The number of carboxylic acid groups (broad SMARTS) is 1. The molecule has 1 fully saturated rings. The summed E-state index contributed by atoms with van der Waals surface area (Å²) < 4.78 is 30.6. The van der Waals surface area contributed by atoms with Gasteiger partial charge in [0.1, 0.15) is 17.1 Å². The summed E-state index contributed by atoms with van der Waals surface area (Å²) in [6.45, 7) is 0.296. The molecule has 8 nitrogen and oxygen atoms in total. The van der Waals surface area contributed by atoms with E-state index in [2.05, 4.69) is 4.98 Å². The summed E-state index contributed by atoms with van der Waals surface area (Å²) in [7, 11) is 0. The summed E-state index contributed by atoms with van der Waals surface area (Å²) >= 11 is 6.19. The lowest BCUT2D eigenvalue weighted by Crippen LogP contribution is -2.52. The maximum absolute atomic E-state index is 15.3. The van der Waals surface area contributed by atoms with Crippen LogP contribution in [-0.4, -0.2) is 43.8 Å². The van der Waals surface area contributed by atoms with Gasteiger partial charge in [-0.2, -0.15) is 0 Å². The first kappa shape index (κ1) is 19.9. The third-order valence-corrected chi connectivity index (χ3v) is 5.37. The van der Waals surface area contributed by atoms with Gasteiger partial charge in [0.25, 0.3) is 0 Å². The molecule has 4 rings (SSSR count). The van der Waals surface area contributed by atoms with Crippen LogP contribution in [0.25, 0.3) is 22.2 Å². The number of carbonyl (C=O) groups is 1. The van der Waals surface area contributed by atoms with Crippen LogP contribution in [0.5, 0.6) is 5.75 Å². The molecule has 0 radical (unpaired) electrons. The second-order valence-corrected chi connectivity index (χ2v) is 7.41. The minimum absolute atomic E-state index is 0.0247. The number of H-pyrrole nitrogens is 1. The summed E-state index contributed by atoms with van der Waals surface area (Å²) in [6, 6.07) is 4.61. The van der Waals surface area contributed by atoms with Gasteiger partial charge in [0.15, 0.2) is 5.82 Å². The minimum atomic E-state index is -1.11. The zero-order valence-corrected chi connectivity index (χ0v) is 15.9. The zero-order chi connectivity index (χ0) is 21.7. The van der Waals surface area contributed by atoms with E-state index >= 15 is 4.39 Å². The van der Waals surface area contributed by atoms with Crippen molar-refractivity contribution >= 4 is 28.7 Å². The molecular weight excluding hydrogens is 424 g/mol. The third kappa shape index (κ3) is 3.09. The Labute approximate surface area is 171 Å². The fraction of sp³-hybridized carbons (Fsp3) is 0.211. The molecule has 1 amide bonds. The van der Waals surface area contributed by atoms with Gasteiger partial charge in [0.05, 0.1) is 16.1 Å². The quantitative estimate of drug-likeness (QED) is 0.545. The van der Waals surface area contributed by atoms with Gasteiger partial charge in [-0.3, -0.25) is 9.59 Å². The van der Waals surface area contributed by atoms with E-state index in [0.29, 0.717) is 0 Å². The minimum Gasteiger partial charge on any atom is -0.507 e. The first-order valence-electron chi connectivity index (χ1n) is 8.79. The number of fused-ring (bicyclic) bond motifs is 1. The van der Waals surface area contributed by atoms with Gasteiger partial charge >= 0.3 is 17.2 Å². The Hall–Kier alpha value is -3.40. The van der Waals surface area contributed by atoms with Gasteiger partial charge in [-0.05, 0) is 18.2 Å². The van der Waals surface area contributed by atoms with Crippen molar-refractivity contribution in [2.24, 2.45) is 5.92 Å². The van der Waals surface area contributed by atoms with Crippen LogP contribution in [0, 0.1) is 17.6 Å². The van der Waals surface area contributed by atoms with E-state index in [1.165, 1.54) is 12.1 Å². The monoisotopic (exact) mass is 437 g/mol. The van der Waals surface area contributed by atoms with Crippen LogP contribution in [0.1, 0.15) is 0 Å². The molecular formula is C19H14ClF2N3O5. The summed E-state index contributed by atoms with van der Waals surface area (Å²) in [5, 5.41) is 18.7. The number of nitrogens with one attached hydrogen (secondary N) is 1. The van der Waals surface area contributed by atoms with Crippen LogP contribution < -0.4 is 11.1 Å². The van der Waals surface area contributed by atoms with E-state index in [-0.39, 0.29) is 41.6 Å². The highest BCUT2D eigenvalue weighted by molar-refractivity contribution is 6.34. The number of hydrogen-bond acceptors (Lipinski definition) is 4. The lowest BCUT2D eigenvalue weighted by Gasteiger charge is -2.37. The molecule has 2 heterocycles. The number of phenolic OH excluding ortho intramolecular Hbond substituents is 1. The second-order valence-electron chi connectivity index (χ2n) is 7.00. The molecule has 0 bridgehead atoms. The number of amides is 1. The maximum Gasteiger partial charge on any atom is 0.407 e. The largest absolute Gasteiger partial charge is 0.507 e. The molecule has 3 aromatic rings. The van der Waals surface area contributed by atoms with Gasteiger partial charge < -0.3 is 24.7 Å². The summed E-state index contributed by atoms with van der Waals surface area (Å²) in [4.78, 5) is 38.7. The van der Waals surface area contributed by atoms with Gasteiger partial charge in [-0.15, -0.1) is 0 Å². The molecule has 0 spiro atoms. The molecule has 2 aromatic carbocycles. The summed E-state index contributed by atoms with van der Waals surface area (Å²) in [5.74, 6) is -2.83. The van der Waals surface area contributed by atoms with Gasteiger partial charge in [-0.25, -0.2) is 13.6 Å². The van der Waals surface area contributed by atoms with Crippen molar-refractivity contribution in [3.05, 3.63) is 61.6 Å². The molecule has 1 saturated heterocycles. The first-order chi connectivity index (χ1) is 14.2. The Morgan fingerprint density at radius 1 is 1.23 bits per heavy atom. The van der Waals surface area contributed by atoms with Crippen molar-refractivity contribution in [1.29, 1.82) is 0 Å². The van der Waals surface area contributed by atoms with E-state index < -0.39 is 45.7 Å². The van der Waals surface area contributed by atoms with Crippen LogP contribution in [-0.2, 0) is 6.54 Å². The first-order valence-corrected chi connectivity index (χ1v) is 9.17. The Balaban J connectivity index is 1.90. The van der Waals surface area contributed by atoms with Crippen LogP contribution >= 0.6 is 11.6 Å². The van der Waals surface area contributed by atoms with Gasteiger partial charge in [0.2, 0.25) is 0 Å².